The van der Waals surface area contributed by atoms with Crippen molar-refractivity contribution in [2.45, 2.75) is 32.2 Å². The van der Waals surface area contributed by atoms with E-state index in [9.17, 15) is 13.2 Å². The van der Waals surface area contributed by atoms with Crippen molar-refractivity contribution in [3.63, 3.8) is 0 Å². The van der Waals surface area contributed by atoms with Crippen molar-refractivity contribution < 1.29 is 18.3 Å². The molecule has 0 spiro atoms. The number of carboxylic acids is 1. The minimum atomic E-state index is -3.37. The number of hydrogen-bond donors (Lipinski definition) is 1. The summed E-state index contributed by atoms with van der Waals surface area (Å²) in [5, 5.41) is 10.6. The quantitative estimate of drug-likeness (QED) is 0.901. The van der Waals surface area contributed by atoms with Gasteiger partial charge < -0.3 is 5.11 Å². The minimum absolute atomic E-state index is 0.0941. The van der Waals surface area contributed by atoms with Crippen LogP contribution in [0.2, 0.25) is 0 Å². The number of fused-ring (bicyclic) bond motifs is 1. The highest BCUT2D eigenvalue weighted by molar-refractivity contribution is 7.89. The number of sulfonamides is 1. The normalized spacial score (nSPS) is 20.2. The van der Waals surface area contributed by atoms with Gasteiger partial charge in [-0.15, -0.1) is 11.3 Å². The lowest BCUT2D eigenvalue weighted by Gasteiger charge is -2.32. The molecule has 1 unspecified atom stereocenters. The SMILES string of the molecule is CC1c2ccsc2CCN1S(=O)(=O)CCCC(=O)O. The molecule has 1 aliphatic heterocycles. The summed E-state index contributed by atoms with van der Waals surface area (Å²) in [5.41, 5.74) is 1.08. The predicted octanol–water partition coefficient (Wildman–Crippen LogP) is 1.86. The molecule has 0 saturated heterocycles. The molecule has 1 N–H and O–H groups in total. The number of carbonyl (C=O) groups is 1. The smallest absolute Gasteiger partial charge is 0.303 e. The van der Waals surface area contributed by atoms with Crippen LogP contribution in [0.1, 0.15) is 36.2 Å². The maximum Gasteiger partial charge on any atom is 0.303 e. The van der Waals surface area contributed by atoms with Crippen molar-refractivity contribution in [3.8, 4) is 0 Å². The van der Waals surface area contributed by atoms with Gasteiger partial charge in [-0.2, -0.15) is 4.31 Å². The lowest BCUT2D eigenvalue weighted by Crippen LogP contribution is -2.39. The zero-order valence-electron chi connectivity index (χ0n) is 10.7. The Balaban J connectivity index is 2.08. The van der Waals surface area contributed by atoms with Crippen molar-refractivity contribution in [2.24, 2.45) is 0 Å². The average molecular weight is 303 g/mol. The van der Waals surface area contributed by atoms with E-state index in [1.807, 2.05) is 18.4 Å². The van der Waals surface area contributed by atoms with Gasteiger partial charge in [0.05, 0.1) is 5.75 Å². The molecule has 0 aliphatic carbocycles. The number of aliphatic carboxylic acids is 1. The van der Waals surface area contributed by atoms with E-state index in [1.54, 1.807) is 11.3 Å². The Morgan fingerprint density at radius 3 is 3.00 bits per heavy atom. The van der Waals surface area contributed by atoms with Crippen LogP contribution in [0.3, 0.4) is 0 Å². The van der Waals surface area contributed by atoms with Crippen molar-refractivity contribution >= 4 is 27.3 Å². The van der Waals surface area contributed by atoms with Gasteiger partial charge in [0.15, 0.2) is 0 Å². The molecule has 7 heteroatoms. The molecule has 0 bridgehead atoms. The van der Waals surface area contributed by atoms with Crippen LogP contribution in [-0.2, 0) is 21.2 Å². The van der Waals surface area contributed by atoms with Gasteiger partial charge in [-0.05, 0) is 36.8 Å². The lowest BCUT2D eigenvalue weighted by atomic mass is 10.0. The van der Waals surface area contributed by atoms with E-state index >= 15 is 0 Å². The summed E-state index contributed by atoms with van der Waals surface area (Å²) < 4.78 is 26.0. The Bertz CT molecular complexity index is 564. The highest BCUT2D eigenvalue weighted by Crippen LogP contribution is 2.34. The zero-order valence-corrected chi connectivity index (χ0v) is 12.3. The summed E-state index contributed by atoms with van der Waals surface area (Å²) in [6.07, 6.45) is 0.804. The van der Waals surface area contributed by atoms with Crippen LogP contribution in [0.25, 0.3) is 0 Å². The van der Waals surface area contributed by atoms with Gasteiger partial charge in [0.25, 0.3) is 0 Å². The molecule has 0 aromatic carbocycles. The van der Waals surface area contributed by atoms with E-state index < -0.39 is 16.0 Å². The number of rotatable bonds is 5. The third-order valence-electron chi connectivity index (χ3n) is 3.37. The Morgan fingerprint density at radius 1 is 1.58 bits per heavy atom. The Hall–Kier alpha value is -0.920. The van der Waals surface area contributed by atoms with Gasteiger partial charge in [0.1, 0.15) is 0 Å². The first-order valence-electron chi connectivity index (χ1n) is 6.19. The summed E-state index contributed by atoms with van der Waals surface area (Å²) >= 11 is 1.66. The van der Waals surface area contributed by atoms with Gasteiger partial charge in [-0.3, -0.25) is 4.79 Å². The van der Waals surface area contributed by atoms with Crippen LogP contribution in [0.15, 0.2) is 11.4 Å². The Kier molecular flexibility index (Phi) is 4.27. The lowest BCUT2D eigenvalue weighted by molar-refractivity contribution is -0.137. The van der Waals surface area contributed by atoms with Crippen LogP contribution >= 0.6 is 11.3 Å². The molecule has 0 fully saturated rings. The standard InChI is InChI=1S/C12H17NO4S2/c1-9-10-5-7-18-11(10)4-6-13(9)19(16,17)8-2-3-12(14)15/h5,7,9H,2-4,6,8H2,1H3,(H,14,15). The van der Waals surface area contributed by atoms with Crippen LogP contribution in [0, 0.1) is 0 Å². The minimum Gasteiger partial charge on any atom is -0.481 e. The van der Waals surface area contributed by atoms with Crippen LogP contribution in [0.5, 0.6) is 0 Å². The van der Waals surface area contributed by atoms with Crippen molar-refractivity contribution in [1.29, 1.82) is 0 Å². The molecule has 0 saturated carbocycles. The molecule has 1 aromatic heterocycles. The molecule has 5 nitrogen and oxygen atoms in total. The van der Waals surface area contributed by atoms with E-state index in [2.05, 4.69) is 0 Å². The van der Waals surface area contributed by atoms with E-state index in [-0.39, 0.29) is 24.6 Å². The molecule has 2 rings (SSSR count). The summed E-state index contributed by atoms with van der Waals surface area (Å²) in [4.78, 5) is 11.7. The Morgan fingerprint density at radius 2 is 2.32 bits per heavy atom. The fraction of sp³-hybridized carbons (Fsp3) is 0.583. The second-order valence-electron chi connectivity index (χ2n) is 4.65. The zero-order chi connectivity index (χ0) is 14.0. The van der Waals surface area contributed by atoms with Crippen molar-refractivity contribution in [3.05, 3.63) is 21.9 Å². The van der Waals surface area contributed by atoms with Crippen LogP contribution in [0.4, 0.5) is 0 Å². The van der Waals surface area contributed by atoms with Gasteiger partial charge >= 0.3 is 5.97 Å². The monoisotopic (exact) mass is 303 g/mol. The molecule has 1 atom stereocenters. The third kappa shape index (κ3) is 3.16. The van der Waals surface area contributed by atoms with Gasteiger partial charge in [-0.1, -0.05) is 0 Å². The van der Waals surface area contributed by atoms with Gasteiger partial charge in [-0.25, -0.2) is 8.42 Å². The summed E-state index contributed by atoms with van der Waals surface area (Å²) in [6, 6.07) is 1.83. The largest absolute Gasteiger partial charge is 0.481 e. The van der Waals surface area contributed by atoms with Gasteiger partial charge in [0.2, 0.25) is 10.0 Å². The van der Waals surface area contributed by atoms with Crippen LogP contribution < -0.4 is 0 Å². The molecule has 2 heterocycles. The van der Waals surface area contributed by atoms with Gasteiger partial charge in [0, 0.05) is 23.9 Å². The predicted molar refractivity (Wildman–Crippen MR) is 73.8 cm³/mol. The van der Waals surface area contributed by atoms with E-state index in [4.69, 9.17) is 5.11 Å². The molecule has 0 amide bonds. The number of hydrogen-bond acceptors (Lipinski definition) is 4. The number of nitrogens with zero attached hydrogens (tertiary/aromatic N) is 1. The van der Waals surface area contributed by atoms with Crippen molar-refractivity contribution in [1.82, 2.24) is 4.31 Å². The average Bonchev–Trinajstić information content (AvgIpc) is 2.77. The highest BCUT2D eigenvalue weighted by Gasteiger charge is 2.32. The first-order chi connectivity index (χ1) is 8.92. The molecular weight excluding hydrogens is 286 g/mol. The number of thiophene rings is 1. The first-order valence-corrected chi connectivity index (χ1v) is 8.68. The fourth-order valence-electron chi connectivity index (χ4n) is 2.39. The summed E-state index contributed by atoms with van der Waals surface area (Å²) in [5.74, 6) is -1.05. The molecular formula is C12H17NO4S2. The highest BCUT2D eigenvalue weighted by atomic mass is 32.2. The third-order valence-corrected chi connectivity index (χ3v) is 6.39. The maximum atomic E-state index is 12.2. The van der Waals surface area contributed by atoms with Crippen LogP contribution in [-0.4, -0.2) is 36.1 Å². The second kappa shape index (κ2) is 5.60. The molecule has 1 aromatic rings. The fourth-order valence-corrected chi connectivity index (χ4v) is 5.06. The van der Waals surface area contributed by atoms with Crippen molar-refractivity contribution in [2.75, 3.05) is 12.3 Å². The second-order valence-corrected chi connectivity index (χ2v) is 7.69. The maximum absolute atomic E-state index is 12.2. The molecule has 19 heavy (non-hydrogen) atoms. The van der Waals surface area contributed by atoms with E-state index in [1.165, 1.54) is 9.18 Å². The number of carboxylic acid groups (broad SMARTS) is 1. The Labute approximate surface area is 116 Å². The topological polar surface area (TPSA) is 74.7 Å². The first kappa shape index (κ1) is 14.5. The molecule has 1 aliphatic rings. The van der Waals surface area contributed by atoms with E-state index in [0.29, 0.717) is 6.54 Å². The molecule has 106 valence electrons. The summed E-state index contributed by atoms with van der Waals surface area (Å²) in [6.45, 7) is 2.38. The summed E-state index contributed by atoms with van der Waals surface area (Å²) in [7, 11) is -3.37. The van der Waals surface area contributed by atoms with E-state index in [0.717, 1.165) is 12.0 Å². The molecule has 0 radical (unpaired) electrons.